The number of imide groups is 1. The van der Waals surface area contributed by atoms with Crippen LogP contribution in [0.2, 0.25) is 0 Å². The quantitative estimate of drug-likeness (QED) is 0.483. The number of carbonyl (C=O) groups is 4. The standard InChI is InChI=1S/C11H16N2O6/c14-7(11(18)19)3-5-12-8(15)4-6-13-9(16)1-2-10(13)17/h7,14H,1-6H2,(H,12,15)(H,18,19). The molecule has 1 heterocycles. The predicted octanol–water partition coefficient (Wildman–Crippen LogP) is -1.52. The second-order valence-corrected chi connectivity index (χ2v) is 4.18. The first-order valence-corrected chi connectivity index (χ1v) is 5.92. The lowest BCUT2D eigenvalue weighted by Crippen LogP contribution is -2.35. The van der Waals surface area contributed by atoms with E-state index in [1.54, 1.807) is 0 Å². The molecule has 0 radical (unpaired) electrons. The number of hydrogen-bond acceptors (Lipinski definition) is 5. The van der Waals surface area contributed by atoms with Gasteiger partial charge in [-0.25, -0.2) is 4.79 Å². The minimum Gasteiger partial charge on any atom is -0.479 e. The smallest absolute Gasteiger partial charge is 0.332 e. The van der Waals surface area contributed by atoms with Crippen LogP contribution in [0.1, 0.15) is 25.7 Å². The highest BCUT2D eigenvalue weighted by Gasteiger charge is 2.28. The summed E-state index contributed by atoms with van der Waals surface area (Å²) in [7, 11) is 0. The van der Waals surface area contributed by atoms with Gasteiger partial charge in [0.1, 0.15) is 0 Å². The number of nitrogens with zero attached hydrogens (tertiary/aromatic N) is 1. The van der Waals surface area contributed by atoms with Crippen molar-refractivity contribution in [3.05, 3.63) is 0 Å². The second-order valence-electron chi connectivity index (χ2n) is 4.18. The van der Waals surface area contributed by atoms with Crippen LogP contribution in [0, 0.1) is 0 Å². The summed E-state index contributed by atoms with van der Waals surface area (Å²) < 4.78 is 0. The minimum atomic E-state index is -1.51. The van der Waals surface area contributed by atoms with E-state index in [0.717, 1.165) is 4.90 Å². The fraction of sp³-hybridized carbons (Fsp3) is 0.636. The van der Waals surface area contributed by atoms with Gasteiger partial charge >= 0.3 is 5.97 Å². The van der Waals surface area contributed by atoms with Gasteiger partial charge in [-0.2, -0.15) is 0 Å². The lowest BCUT2D eigenvalue weighted by atomic mass is 10.2. The van der Waals surface area contributed by atoms with E-state index in [-0.39, 0.29) is 50.6 Å². The minimum absolute atomic E-state index is 0.0220. The first-order chi connectivity index (χ1) is 8.91. The van der Waals surface area contributed by atoms with Crippen LogP contribution in [0.15, 0.2) is 0 Å². The molecule has 0 saturated carbocycles. The van der Waals surface area contributed by atoms with Gasteiger partial charge in [-0.3, -0.25) is 19.3 Å². The van der Waals surface area contributed by atoms with Crippen molar-refractivity contribution < 1.29 is 29.4 Å². The summed E-state index contributed by atoms with van der Waals surface area (Å²) in [6.45, 7) is 0.0547. The van der Waals surface area contributed by atoms with Crippen molar-refractivity contribution >= 4 is 23.7 Å². The van der Waals surface area contributed by atoms with Crippen molar-refractivity contribution in [2.45, 2.75) is 31.8 Å². The number of carbonyl (C=O) groups excluding carboxylic acids is 3. The van der Waals surface area contributed by atoms with E-state index in [9.17, 15) is 19.2 Å². The molecule has 106 valence electrons. The van der Waals surface area contributed by atoms with Crippen LogP contribution in [-0.4, -0.2) is 58.0 Å². The number of hydrogen-bond donors (Lipinski definition) is 3. The molecular weight excluding hydrogens is 256 g/mol. The van der Waals surface area contributed by atoms with Gasteiger partial charge in [-0.1, -0.05) is 0 Å². The zero-order chi connectivity index (χ0) is 14.4. The molecular formula is C11H16N2O6. The van der Waals surface area contributed by atoms with E-state index >= 15 is 0 Å². The van der Waals surface area contributed by atoms with Crippen LogP contribution >= 0.6 is 0 Å². The Morgan fingerprint density at radius 1 is 1.26 bits per heavy atom. The molecule has 1 unspecified atom stereocenters. The van der Waals surface area contributed by atoms with Crippen molar-refractivity contribution in [2.75, 3.05) is 13.1 Å². The third kappa shape index (κ3) is 4.66. The molecule has 0 aliphatic carbocycles. The topological polar surface area (TPSA) is 124 Å². The Kier molecular flexibility index (Phi) is 5.43. The number of carboxylic acid groups (broad SMARTS) is 1. The van der Waals surface area contributed by atoms with Gasteiger partial charge in [-0.15, -0.1) is 0 Å². The zero-order valence-corrected chi connectivity index (χ0v) is 10.3. The van der Waals surface area contributed by atoms with Crippen LogP contribution in [0.5, 0.6) is 0 Å². The average molecular weight is 272 g/mol. The summed E-state index contributed by atoms with van der Waals surface area (Å²) in [4.78, 5) is 45.2. The molecule has 1 saturated heterocycles. The molecule has 0 bridgehead atoms. The van der Waals surface area contributed by atoms with E-state index in [1.807, 2.05) is 0 Å². The van der Waals surface area contributed by atoms with Crippen LogP contribution in [0.4, 0.5) is 0 Å². The van der Waals surface area contributed by atoms with Gasteiger partial charge in [0.15, 0.2) is 6.10 Å². The molecule has 19 heavy (non-hydrogen) atoms. The first kappa shape index (κ1) is 15.1. The van der Waals surface area contributed by atoms with Gasteiger partial charge in [0, 0.05) is 38.8 Å². The van der Waals surface area contributed by atoms with Crippen molar-refractivity contribution in [3.8, 4) is 0 Å². The summed E-state index contributed by atoms with van der Waals surface area (Å²) in [6, 6.07) is 0. The highest BCUT2D eigenvalue weighted by Crippen LogP contribution is 2.11. The molecule has 8 nitrogen and oxygen atoms in total. The van der Waals surface area contributed by atoms with E-state index in [2.05, 4.69) is 5.32 Å². The van der Waals surface area contributed by atoms with Crippen molar-refractivity contribution in [2.24, 2.45) is 0 Å². The molecule has 0 aromatic rings. The van der Waals surface area contributed by atoms with Gasteiger partial charge in [0.05, 0.1) is 0 Å². The highest BCUT2D eigenvalue weighted by molar-refractivity contribution is 6.02. The molecule has 0 aromatic heterocycles. The maximum atomic E-state index is 11.4. The molecule has 8 heteroatoms. The summed E-state index contributed by atoms with van der Waals surface area (Å²) in [6.07, 6.45) is -1.26. The summed E-state index contributed by atoms with van der Waals surface area (Å²) in [5, 5.41) is 19.8. The Morgan fingerprint density at radius 2 is 1.84 bits per heavy atom. The Bertz CT molecular complexity index is 379. The van der Waals surface area contributed by atoms with E-state index in [1.165, 1.54) is 0 Å². The lowest BCUT2D eigenvalue weighted by molar-refractivity contribution is -0.147. The summed E-state index contributed by atoms with van der Waals surface area (Å²) in [5.74, 6) is -2.30. The van der Waals surface area contributed by atoms with Crippen LogP contribution in [0.3, 0.4) is 0 Å². The van der Waals surface area contributed by atoms with E-state index < -0.39 is 18.0 Å². The number of amides is 3. The predicted molar refractivity (Wildman–Crippen MR) is 61.8 cm³/mol. The SMILES string of the molecule is O=C(CCN1C(=O)CCC1=O)NCCC(O)C(=O)O. The Morgan fingerprint density at radius 3 is 2.37 bits per heavy atom. The number of aliphatic hydroxyl groups excluding tert-OH is 1. The second kappa shape index (κ2) is 6.83. The zero-order valence-electron chi connectivity index (χ0n) is 10.3. The van der Waals surface area contributed by atoms with Gasteiger partial charge in [0.2, 0.25) is 17.7 Å². The monoisotopic (exact) mass is 272 g/mol. The maximum Gasteiger partial charge on any atom is 0.332 e. The van der Waals surface area contributed by atoms with Gasteiger partial charge in [-0.05, 0) is 0 Å². The van der Waals surface area contributed by atoms with Crippen LogP contribution in [0.25, 0.3) is 0 Å². The molecule has 3 N–H and O–H groups in total. The normalized spacial score (nSPS) is 16.6. The van der Waals surface area contributed by atoms with E-state index in [0.29, 0.717) is 0 Å². The van der Waals surface area contributed by atoms with E-state index in [4.69, 9.17) is 10.2 Å². The first-order valence-electron chi connectivity index (χ1n) is 5.92. The van der Waals surface area contributed by atoms with Crippen molar-refractivity contribution in [1.82, 2.24) is 10.2 Å². The number of aliphatic hydroxyl groups is 1. The van der Waals surface area contributed by atoms with Crippen LogP contribution < -0.4 is 5.32 Å². The maximum absolute atomic E-state index is 11.4. The van der Waals surface area contributed by atoms with Crippen molar-refractivity contribution in [3.63, 3.8) is 0 Å². The number of aliphatic carboxylic acids is 1. The fourth-order valence-corrected chi connectivity index (χ4v) is 1.65. The Labute approximate surface area is 109 Å². The molecule has 1 fully saturated rings. The molecule has 0 aromatic carbocycles. The number of likely N-dealkylation sites (tertiary alicyclic amines) is 1. The summed E-state index contributed by atoms with van der Waals surface area (Å²) in [5.41, 5.74) is 0. The largest absolute Gasteiger partial charge is 0.479 e. The molecule has 1 aliphatic heterocycles. The Hall–Kier alpha value is -1.96. The van der Waals surface area contributed by atoms with Crippen molar-refractivity contribution in [1.29, 1.82) is 0 Å². The molecule has 1 rings (SSSR count). The van der Waals surface area contributed by atoms with Gasteiger partial charge in [0.25, 0.3) is 0 Å². The molecule has 0 spiro atoms. The number of nitrogens with one attached hydrogen (secondary N) is 1. The lowest BCUT2D eigenvalue weighted by Gasteiger charge is -2.13. The molecule has 3 amide bonds. The molecule has 1 aliphatic rings. The van der Waals surface area contributed by atoms with Gasteiger partial charge < -0.3 is 15.5 Å². The molecule has 1 atom stereocenters. The number of rotatable bonds is 7. The third-order valence-electron chi connectivity index (χ3n) is 2.74. The summed E-state index contributed by atoms with van der Waals surface area (Å²) >= 11 is 0. The Balaban J connectivity index is 2.19. The fourth-order valence-electron chi connectivity index (χ4n) is 1.65. The highest BCUT2D eigenvalue weighted by atomic mass is 16.4. The number of carboxylic acids is 1. The average Bonchev–Trinajstić information content (AvgIpc) is 2.66. The van der Waals surface area contributed by atoms with Crippen LogP contribution in [-0.2, 0) is 19.2 Å². The third-order valence-corrected chi connectivity index (χ3v) is 2.74.